The first kappa shape index (κ1) is 19.3. The molecular formula is C21H23N5O2S. The maximum absolute atomic E-state index is 12.2. The van der Waals surface area contributed by atoms with Crippen molar-refractivity contribution in [1.82, 2.24) is 25.1 Å². The predicted molar refractivity (Wildman–Crippen MR) is 114 cm³/mol. The lowest BCUT2D eigenvalue weighted by molar-refractivity contribution is -0.119. The number of nitrogens with zero attached hydrogens (tertiary/aromatic N) is 3. The zero-order valence-corrected chi connectivity index (χ0v) is 17.2. The average molecular weight is 410 g/mol. The van der Waals surface area contributed by atoms with E-state index in [4.69, 9.17) is 4.42 Å². The minimum absolute atomic E-state index is 0.00876. The van der Waals surface area contributed by atoms with Gasteiger partial charge in [-0.25, -0.2) is 0 Å². The first-order valence-electron chi connectivity index (χ1n) is 9.60. The van der Waals surface area contributed by atoms with Gasteiger partial charge in [0.05, 0.1) is 18.6 Å². The summed E-state index contributed by atoms with van der Waals surface area (Å²) in [6, 6.07) is 12.0. The van der Waals surface area contributed by atoms with Crippen molar-refractivity contribution in [3.63, 3.8) is 0 Å². The van der Waals surface area contributed by atoms with E-state index in [2.05, 4.69) is 26.6 Å². The van der Waals surface area contributed by atoms with Gasteiger partial charge in [-0.05, 0) is 31.5 Å². The maximum Gasteiger partial charge on any atom is 0.230 e. The van der Waals surface area contributed by atoms with Gasteiger partial charge in [0.25, 0.3) is 0 Å². The Kier molecular flexibility index (Phi) is 5.71. The summed E-state index contributed by atoms with van der Waals surface area (Å²) in [5, 5.41) is 13.6. The number of benzene rings is 1. The number of hydrogen-bond acceptors (Lipinski definition) is 5. The Balaban J connectivity index is 1.64. The van der Waals surface area contributed by atoms with E-state index in [0.717, 1.165) is 34.5 Å². The highest BCUT2D eigenvalue weighted by Crippen LogP contribution is 2.30. The minimum Gasteiger partial charge on any atom is -0.467 e. The van der Waals surface area contributed by atoms with Crippen molar-refractivity contribution in [2.45, 2.75) is 38.0 Å². The fourth-order valence-corrected chi connectivity index (χ4v) is 3.85. The Morgan fingerprint density at radius 2 is 2.14 bits per heavy atom. The molecule has 0 saturated carbocycles. The van der Waals surface area contributed by atoms with Gasteiger partial charge in [-0.3, -0.25) is 9.36 Å². The van der Waals surface area contributed by atoms with Crippen molar-refractivity contribution in [3.8, 4) is 11.4 Å². The van der Waals surface area contributed by atoms with E-state index < -0.39 is 0 Å². The molecule has 2 N–H and O–H groups in total. The molecular weight excluding hydrogens is 386 g/mol. The second-order valence-corrected chi connectivity index (χ2v) is 7.83. The zero-order chi connectivity index (χ0) is 20.2. The molecule has 0 aliphatic rings. The number of rotatable bonds is 8. The molecule has 0 aliphatic heterocycles. The third kappa shape index (κ3) is 4.22. The molecule has 8 heteroatoms. The summed E-state index contributed by atoms with van der Waals surface area (Å²) in [6.07, 6.45) is 4.49. The molecule has 0 bridgehead atoms. The number of carbonyl (C=O) groups is 1. The molecule has 0 radical (unpaired) electrons. The van der Waals surface area contributed by atoms with E-state index in [-0.39, 0.29) is 17.7 Å². The number of amides is 1. The molecule has 0 unspecified atom stereocenters. The molecule has 4 aromatic rings. The van der Waals surface area contributed by atoms with Gasteiger partial charge < -0.3 is 14.7 Å². The third-order valence-electron chi connectivity index (χ3n) is 4.79. The normalized spacial score (nSPS) is 12.3. The van der Waals surface area contributed by atoms with Crippen LogP contribution in [-0.2, 0) is 11.3 Å². The maximum atomic E-state index is 12.2. The van der Waals surface area contributed by atoms with Gasteiger partial charge in [0.1, 0.15) is 5.76 Å². The largest absolute Gasteiger partial charge is 0.467 e. The standard InChI is InChI=1S/C21H23N5O2S/c1-3-14(2)23-19(27)13-29-21-25-24-20(26(21)12-15-7-6-10-28-15)17-11-22-18-9-5-4-8-16(17)18/h4-11,14,22H,3,12-13H2,1-2H3,(H,23,27)/t14-/m0/s1. The molecule has 3 heterocycles. The fraction of sp³-hybridized carbons (Fsp3) is 0.286. The van der Waals surface area contributed by atoms with Gasteiger partial charge in [0.2, 0.25) is 5.91 Å². The number of H-pyrrole nitrogens is 1. The van der Waals surface area contributed by atoms with Gasteiger partial charge >= 0.3 is 0 Å². The number of aromatic nitrogens is 4. The van der Waals surface area contributed by atoms with Gasteiger partial charge in [-0.1, -0.05) is 36.9 Å². The predicted octanol–water partition coefficient (Wildman–Crippen LogP) is 4.07. The highest BCUT2D eigenvalue weighted by molar-refractivity contribution is 7.99. The van der Waals surface area contributed by atoms with Crippen molar-refractivity contribution in [3.05, 3.63) is 54.6 Å². The molecule has 3 aromatic heterocycles. The lowest BCUT2D eigenvalue weighted by Gasteiger charge is -2.11. The van der Waals surface area contributed by atoms with Crippen LogP contribution in [0.15, 0.2) is 58.4 Å². The van der Waals surface area contributed by atoms with E-state index in [1.807, 2.05) is 54.9 Å². The van der Waals surface area contributed by atoms with Crippen molar-refractivity contribution in [1.29, 1.82) is 0 Å². The highest BCUT2D eigenvalue weighted by Gasteiger charge is 2.19. The number of furan rings is 1. The van der Waals surface area contributed by atoms with Crippen molar-refractivity contribution in [2.75, 3.05) is 5.75 Å². The molecule has 0 saturated heterocycles. The summed E-state index contributed by atoms with van der Waals surface area (Å²) in [5.41, 5.74) is 2.01. The van der Waals surface area contributed by atoms with Crippen LogP contribution in [0.4, 0.5) is 0 Å². The number of aromatic amines is 1. The summed E-state index contributed by atoms with van der Waals surface area (Å²) in [5.74, 6) is 1.82. The molecule has 29 heavy (non-hydrogen) atoms. The SMILES string of the molecule is CC[C@H](C)NC(=O)CSc1nnc(-c2c[nH]c3ccccc23)n1Cc1ccco1. The number of hydrogen-bond donors (Lipinski definition) is 2. The number of para-hydroxylation sites is 1. The van der Waals surface area contributed by atoms with Gasteiger partial charge in [0.15, 0.2) is 11.0 Å². The van der Waals surface area contributed by atoms with Gasteiger partial charge in [-0.15, -0.1) is 10.2 Å². The Hall–Kier alpha value is -3.00. The van der Waals surface area contributed by atoms with Crippen LogP contribution in [0.5, 0.6) is 0 Å². The van der Waals surface area contributed by atoms with Crippen molar-refractivity contribution >= 4 is 28.6 Å². The Labute approximate surface area is 172 Å². The lowest BCUT2D eigenvalue weighted by Crippen LogP contribution is -2.33. The summed E-state index contributed by atoms with van der Waals surface area (Å²) in [6.45, 7) is 4.53. The van der Waals surface area contributed by atoms with Crippen LogP contribution in [0, 0.1) is 0 Å². The smallest absolute Gasteiger partial charge is 0.230 e. The van der Waals surface area contributed by atoms with Crippen LogP contribution in [0.1, 0.15) is 26.0 Å². The average Bonchev–Trinajstić information content (AvgIpc) is 3.46. The summed E-state index contributed by atoms with van der Waals surface area (Å²) in [4.78, 5) is 15.5. The van der Waals surface area contributed by atoms with Crippen LogP contribution in [0.25, 0.3) is 22.3 Å². The van der Waals surface area contributed by atoms with E-state index in [0.29, 0.717) is 11.7 Å². The molecule has 1 atom stereocenters. The number of carbonyl (C=O) groups excluding carboxylic acids is 1. The Bertz CT molecular complexity index is 1100. The molecule has 1 aromatic carbocycles. The van der Waals surface area contributed by atoms with E-state index in [9.17, 15) is 4.79 Å². The Morgan fingerprint density at radius 1 is 1.28 bits per heavy atom. The van der Waals surface area contributed by atoms with Crippen LogP contribution in [0.3, 0.4) is 0 Å². The van der Waals surface area contributed by atoms with E-state index in [1.165, 1.54) is 11.8 Å². The van der Waals surface area contributed by atoms with E-state index >= 15 is 0 Å². The molecule has 0 fully saturated rings. The molecule has 7 nitrogen and oxygen atoms in total. The lowest BCUT2D eigenvalue weighted by atomic mass is 10.1. The number of fused-ring (bicyclic) bond motifs is 1. The van der Waals surface area contributed by atoms with Crippen molar-refractivity contribution < 1.29 is 9.21 Å². The first-order chi connectivity index (χ1) is 14.2. The second-order valence-electron chi connectivity index (χ2n) is 6.89. The number of thioether (sulfide) groups is 1. The van der Waals surface area contributed by atoms with Crippen LogP contribution < -0.4 is 5.32 Å². The monoisotopic (exact) mass is 409 g/mol. The first-order valence-corrected chi connectivity index (χ1v) is 10.6. The topological polar surface area (TPSA) is 88.7 Å². The molecule has 0 spiro atoms. The van der Waals surface area contributed by atoms with Gasteiger partial charge in [-0.2, -0.15) is 0 Å². The minimum atomic E-state index is -0.00876. The Morgan fingerprint density at radius 3 is 2.93 bits per heavy atom. The van der Waals surface area contributed by atoms with Crippen LogP contribution in [0.2, 0.25) is 0 Å². The molecule has 0 aliphatic carbocycles. The van der Waals surface area contributed by atoms with Crippen LogP contribution in [-0.4, -0.2) is 37.5 Å². The highest BCUT2D eigenvalue weighted by atomic mass is 32.2. The summed E-state index contributed by atoms with van der Waals surface area (Å²) in [7, 11) is 0. The second kappa shape index (κ2) is 8.57. The number of nitrogens with one attached hydrogen (secondary N) is 2. The van der Waals surface area contributed by atoms with Crippen molar-refractivity contribution in [2.24, 2.45) is 0 Å². The van der Waals surface area contributed by atoms with E-state index in [1.54, 1.807) is 6.26 Å². The zero-order valence-electron chi connectivity index (χ0n) is 16.4. The van der Waals surface area contributed by atoms with Crippen LogP contribution >= 0.6 is 11.8 Å². The summed E-state index contributed by atoms with van der Waals surface area (Å²) < 4.78 is 7.54. The molecule has 150 valence electrons. The summed E-state index contributed by atoms with van der Waals surface area (Å²) >= 11 is 1.38. The fourth-order valence-electron chi connectivity index (χ4n) is 3.10. The quantitative estimate of drug-likeness (QED) is 0.428. The third-order valence-corrected chi connectivity index (χ3v) is 5.76. The van der Waals surface area contributed by atoms with Gasteiger partial charge in [0, 0.05) is 28.7 Å². The molecule has 1 amide bonds. The molecule has 4 rings (SSSR count).